The summed E-state index contributed by atoms with van der Waals surface area (Å²) in [6, 6.07) is 7.59. The average molecular weight is 311 g/mol. The van der Waals surface area contributed by atoms with Gasteiger partial charge < -0.3 is 10.2 Å². The van der Waals surface area contributed by atoms with Gasteiger partial charge in [0, 0.05) is 28.7 Å². The molecule has 2 rings (SSSR count). The highest BCUT2D eigenvalue weighted by atomic mass is 79.9. The van der Waals surface area contributed by atoms with Gasteiger partial charge >= 0.3 is 0 Å². The Morgan fingerprint density at radius 1 is 1.39 bits per heavy atom. The van der Waals surface area contributed by atoms with Crippen LogP contribution in [0.3, 0.4) is 0 Å². The first-order valence-electron chi connectivity index (χ1n) is 6.28. The van der Waals surface area contributed by atoms with Crippen LogP contribution in [-0.4, -0.2) is 36.5 Å². The Hall–Kier alpha value is -0.870. The van der Waals surface area contributed by atoms with E-state index in [4.69, 9.17) is 0 Å². The summed E-state index contributed by atoms with van der Waals surface area (Å²) in [5.41, 5.74) is 0.936. The van der Waals surface area contributed by atoms with Gasteiger partial charge in [-0.2, -0.15) is 0 Å². The van der Waals surface area contributed by atoms with Gasteiger partial charge in [-0.1, -0.05) is 22.0 Å². The third kappa shape index (κ3) is 2.93. The fourth-order valence-electron chi connectivity index (χ4n) is 2.26. The molecule has 1 aliphatic heterocycles. The van der Waals surface area contributed by atoms with Gasteiger partial charge in [-0.15, -0.1) is 0 Å². The number of piperidine rings is 1. The lowest BCUT2D eigenvalue weighted by atomic mass is 9.89. The summed E-state index contributed by atoms with van der Waals surface area (Å²) in [5.74, 6) is 0.134. The molecular formula is C14H19BrN2O. The zero-order valence-electron chi connectivity index (χ0n) is 10.9. The van der Waals surface area contributed by atoms with E-state index >= 15 is 0 Å². The SMILES string of the molecule is CNC1(C)CCN(C(=O)c2cccc(Br)c2)CC1. The van der Waals surface area contributed by atoms with Gasteiger partial charge in [0.15, 0.2) is 0 Å². The van der Waals surface area contributed by atoms with Crippen LogP contribution in [0.1, 0.15) is 30.1 Å². The number of nitrogens with zero attached hydrogens (tertiary/aromatic N) is 1. The molecule has 18 heavy (non-hydrogen) atoms. The van der Waals surface area contributed by atoms with E-state index in [1.54, 1.807) is 0 Å². The molecule has 1 aromatic carbocycles. The zero-order valence-corrected chi connectivity index (χ0v) is 12.5. The Morgan fingerprint density at radius 3 is 2.61 bits per heavy atom. The van der Waals surface area contributed by atoms with Crippen molar-refractivity contribution in [3.8, 4) is 0 Å². The van der Waals surface area contributed by atoms with E-state index in [1.165, 1.54) is 0 Å². The highest BCUT2D eigenvalue weighted by Crippen LogP contribution is 2.23. The maximum atomic E-state index is 12.3. The van der Waals surface area contributed by atoms with Gasteiger partial charge in [-0.25, -0.2) is 0 Å². The number of hydrogen-bond donors (Lipinski definition) is 1. The molecule has 0 bridgehead atoms. The molecule has 3 nitrogen and oxygen atoms in total. The van der Waals surface area contributed by atoms with E-state index in [0.29, 0.717) is 0 Å². The quantitative estimate of drug-likeness (QED) is 0.911. The Balaban J connectivity index is 2.04. The summed E-state index contributed by atoms with van der Waals surface area (Å²) < 4.78 is 0.949. The minimum atomic E-state index is 0.134. The molecule has 0 spiro atoms. The van der Waals surface area contributed by atoms with Crippen molar-refractivity contribution >= 4 is 21.8 Å². The minimum Gasteiger partial charge on any atom is -0.339 e. The third-order valence-electron chi connectivity index (χ3n) is 3.83. The summed E-state index contributed by atoms with van der Waals surface area (Å²) in [6.45, 7) is 3.86. The molecule has 1 amide bonds. The largest absolute Gasteiger partial charge is 0.339 e. The Labute approximate surface area is 117 Å². The molecular weight excluding hydrogens is 292 g/mol. The predicted molar refractivity (Wildman–Crippen MR) is 76.7 cm³/mol. The Kier molecular flexibility index (Phi) is 4.07. The number of likely N-dealkylation sites (tertiary alicyclic amines) is 1. The molecule has 0 atom stereocenters. The predicted octanol–water partition coefficient (Wildman–Crippen LogP) is 2.66. The van der Waals surface area contributed by atoms with Gasteiger partial charge in [-0.05, 0) is 45.0 Å². The van der Waals surface area contributed by atoms with Crippen molar-refractivity contribution in [3.05, 3.63) is 34.3 Å². The second-order valence-corrected chi connectivity index (χ2v) is 6.03. The highest BCUT2D eigenvalue weighted by molar-refractivity contribution is 9.10. The molecule has 1 fully saturated rings. The van der Waals surface area contributed by atoms with Crippen LogP contribution in [0, 0.1) is 0 Å². The van der Waals surface area contributed by atoms with E-state index in [9.17, 15) is 4.79 Å². The minimum absolute atomic E-state index is 0.134. The standard InChI is InChI=1S/C14H19BrN2O/c1-14(16-2)6-8-17(9-7-14)13(18)11-4-3-5-12(15)10-11/h3-5,10,16H,6-9H2,1-2H3. The van der Waals surface area contributed by atoms with E-state index in [0.717, 1.165) is 36.0 Å². The van der Waals surface area contributed by atoms with Crippen LogP contribution in [0.4, 0.5) is 0 Å². The van der Waals surface area contributed by atoms with Crippen molar-refractivity contribution in [2.24, 2.45) is 0 Å². The maximum absolute atomic E-state index is 12.3. The second-order valence-electron chi connectivity index (χ2n) is 5.11. The molecule has 0 saturated carbocycles. The first-order valence-corrected chi connectivity index (χ1v) is 7.07. The van der Waals surface area contributed by atoms with Crippen molar-refractivity contribution < 1.29 is 4.79 Å². The number of amides is 1. The summed E-state index contributed by atoms with van der Waals surface area (Å²) in [6.07, 6.45) is 2.01. The molecule has 1 heterocycles. The molecule has 1 N–H and O–H groups in total. The molecule has 1 aliphatic rings. The molecule has 0 radical (unpaired) electrons. The number of carbonyl (C=O) groups is 1. The first-order chi connectivity index (χ1) is 8.54. The molecule has 98 valence electrons. The molecule has 0 aliphatic carbocycles. The van der Waals surface area contributed by atoms with E-state index in [-0.39, 0.29) is 11.4 Å². The topological polar surface area (TPSA) is 32.3 Å². The molecule has 0 aromatic heterocycles. The van der Waals surface area contributed by atoms with Crippen LogP contribution in [0.25, 0.3) is 0 Å². The Morgan fingerprint density at radius 2 is 2.06 bits per heavy atom. The summed E-state index contributed by atoms with van der Waals surface area (Å²) >= 11 is 3.40. The molecule has 1 aromatic rings. The monoisotopic (exact) mass is 310 g/mol. The van der Waals surface area contributed by atoms with Crippen LogP contribution in [-0.2, 0) is 0 Å². The normalized spacial score (nSPS) is 18.7. The van der Waals surface area contributed by atoms with Crippen LogP contribution in [0.15, 0.2) is 28.7 Å². The van der Waals surface area contributed by atoms with Gasteiger partial charge in [-0.3, -0.25) is 4.79 Å². The summed E-state index contributed by atoms with van der Waals surface area (Å²) in [4.78, 5) is 14.3. The van der Waals surface area contributed by atoms with Crippen LogP contribution in [0.5, 0.6) is 0 Å². The fourth-order valence-corrected chi connectivity index (χ4v) is 2.66. The van der Waals surface area contributed by atoms with Crippen molar-refractivity contribution in [1.29, 1.82) is 0 Å². The van der Waals surface area contributed by atoms with Crippen LogP contribution >= 0.6 is 15.9 Å². The van der Waals surface area contributed by atoms with Crippen molar-refractivity contribution in [3.63, 3.8) is 0 Å². The van der Waals surface area contributed by atoms with Gasteiger partial charge in [0.1, 0.15) is 0 Å². The van der Waals surface area contributed by atoms with Gasteiger partial charge in [0.2, 0.25) is 0 Å². The number of hydrogen-bond acceptors (Lipinski definition) is 2. The number of carbonyl (C=O) groups excluding carboxylic acids is 1. The van der Waals surface area contributed by atoms with Gasteiger partial charge in [0.25, 0.3) is 5.91 Å². The van der Waals surface area contributed by atoms with E-state index < -0.39 is 0 Å². The highest BCUT2D eigenvalue weighted by Gasteiger charge is 2.30. The average Bonchev–Trinajstić information content (AvgIpc) is 2.39. The summed E-state index contributed by atoms with van der Waals surface area (Å²) in [5, 5.41) is 3.34. The molecule has 0 unspecified atom stereocenters. The van der Waals surface area contributed by atoms with Crippen molar-refractivity contribution in [2.45, 2.75) is 25.3 Å². The number of halogens is 1. The summed E-state index contributed by atoms with van der Waals surface area (Å²) in [7, 11) is 1.99. The van der Waals surface area contributed by atoms with Crippen LogP contribution in [0.2, 0.25) is 0 Å². The number of nitrogens with one attached hydrogen (secondary N) is 1. The lowest BCUT2D eigenvalue weighted by Crippen LogP contribution is -2.51. The van der Waals surface area contributed by atoms with E-state index in [1.807, 2.05) is 36.2 Å². The zero-order chi connectivity index (χ0) is 13.2. The molecule has 4 heteroatoms. The second kappa shape index (κ2) is 5.41. The lowest BCUT2D eigenvalue weighted by molar-refractivity contribution is 0.0662. The molecule has 1 saturated heterocycles. The lowest BCUT2D eigenvalue weighted by Gasteiger charge is -2.39. The third-order valence-corrected chi connectivity index (χ3v) is 4.32. The maximum Gasteiger partial charge on any atom is 0.253 e. The Bertz CT molecular complexity index is 439. The number of benzene rings is 1. The van der Waals surface area contributed by atoms with Crippen molar-refractivity contribution in [1.82, 2.24) is 10.2 Å². The fraction of sp³-hybridized carbons (Fsp3) is 0.500. The van der Waals surface area contributed by atoms with E-state index in [2.05, 4.69) is 28.2 Å². The van der Waals surface area contributed by atoms with Crippen LogP contribution < -0.4 is 5.32 Å². The van der Waals surface area contributed by atoms with Crippen molar-refractivity contribution in [2.75, 3.05) is 20.1 Å². The van der Waals surface area contributed by atoms with Gasteiger partial charge in [0.05, 0.1) is 0 Å². The smallest absolute Gasteiger partial charge is 0.253 e. The first kappa shape index (κ1) is 13.6. The number of rotatable bonds is 2.